The molecule has 2 aromatic rings. The van der Waals surface area contributed by atoms with Crippen LogP contribution in [0.25, 0.3) is 11.4 Å². The summed E-state index contributed by atoms with van der Waals surface area (Å²) < 4.78 is 1.91. The lowest BCUT2D eigenvalue weighted by atomic mass is 10.0. The first-order chi connectivity index (χ1) is 11.3. The molecule has 2 aromatic heterocycles. The van der Waals surface area contributed by atoms with Crippen molar-refractivity contribution < 1.29 is 4.79 Å². The van der Waals surface area contributed by atoms with Crippen molar-refractivity contribution in [2.45, 2.75) is 32.2 Å². The number of hydrogen-bond donors (Lipinski definition) is 0. The average Bonchev–Trinajstić information content (AvgIpc) is 3.11. The fraction of sp³-hybridized carbons (Fsp3) is 0.412. The number of hydrogen-bond acceptors (Lipinski definition) is 4. The van der Waals surface area contributed by atoms with Crippen LogP contribution in [-0.2, 0) is 4.79 Å². The van der Waals surface area contributed by atoms with Gasteiger partial charge >= 0.3 is 0 Å². The summed E-state index contributed by atoms with van der Waals surface area (Å²) >= 11 is 0. The number of pyridine rings is 1. The Labute approximate surface area is 135 Å². The Morgan fingerprint density at radius 3 is 2.83 bits per heavy atom. The molecule has 0 spiro atoms. The SMILES string of the molecule is C/C=C/CC(=O)N1CCC(n2cc(-c3ccccn3)nn2)CC1. The molecule has 0 aliphatic carbocycles. The van der Waals surface area contributed by atoms with Crippen LogP contribution in [0.3, 0.4) is 0 Å². The molecule has 0 aromatic carbocycles. The van der Waals surface area contributed by atoms with E-state index in [1.807, 2.05) is 53.1 Å². The maximum atomic E-state index is 12.0. The third kappa shape index (κ3) is 3.64. The lowest BCUT2D eigenvalue weighted by Crippen LogP contribution is -2.38. The molecule has 3 rings (SSSR count). The van der Waals surface area contributed by atoms with Crippen molar-refractivity contribution in [2.75, 3.05) is 13.1 Å². The summed E-state index contributed by atoms with van der Waals surface area (Å²) in [4.78, 5) is 18.3. The van der Waals surface area contributed by atoms with Crippen molar-refractivity contribution in [1.29, 1.82) is 0 Å². The first-order valence-electron chi connectivity index (χ1n) is 8.00. The van der Waals surface area contributed by atoms with Crippen LogP contribution in [0.15, 0.2) is 42.7 Å². The van der Waals surface area contributed by atoms with Crippen molar-refractivity contribution >= 4 is 5.91 Å². The molecule has 0 radical (unpaired) electrons. The van der Waals surface area contributed by atoms with Crippen LogP contribution < -0.4 is 0 Å². The number of aromatic nitrogens is 4. The number of rotatable bonds is 4. The van der Waals surface area contributed by atoms with Crippen molar-refractivity contribution in [1.82, 2.24) is 24.9 Å². The van der Waals surface area contributed by atoms with Gasteiger partial charge < -0.3 is 4.90 Å². The van der Waals surface area contributed by atoms with Crippen molar-refractivity contribution in [3.63, 3.8) is 0 Å². The van der Waals surface area contributed by atoms with E-state index in [1.54, 1.807) is 6.20 Å². The van der Waals surface area contributed by atoms with Gasteiger partial charge in [0.1, 0.15) is 5.69 Å². The van der Waals surface area contributed by atoms with Gasteiger partial charge in [-0.15, -0.1) is 5.10 Å². The summed E-state index contributed by atoms with van der Waals surface area (Å²) in [6.07, 6.45) is 9.84. The summed E-state index contributed by atoms with van der Waals surface area (Å²) in [5.74, 6) is 0.203. The maximum absolute atomic E-state index is 12.0. The molecule has 3 heterocycles. The van der Waals surface area contributed by atoms with E-state index < -0.39 is 0 Å². The minimum Gasteiger partial charge on any atom is -0.342 e. The van der Waals surface area contributed by atoms with Crippen molar-refractivity contribution in [2.24, 2.45) is 0 Å². The molecule has 6 heteroatoms. The first kappa shape index (κ1) is 15.4. The number of likely N-dealkylation sites (tertiary alicyclic amines) is 1. The Hall–Kier alpha value is -2.50. The monoisotopic (exact) mass is 311 g/mol. The van der Waals surface area contributed by atoms with E-state index in [0.29, 0.717) is 12.5 Å². The van der Waals surface area contributed by atoms with Gasteiger partial charge in [-0.2, -0.15) is 0 Å². The van der Waals surface area contributed by atoms with Crippen LogP contribution >= 0.6 is 0 Å². The van der Waals surface area contributed by atoms with Gasteiger partial charge in [0.2, 0.25) is 5.91 Å². The molecule has 0 atom stereocenters. The van der Waals surface area contributed by atoms with Crippen LogP contribution in [-0.4, -0.2) is 43.9 Å². The molecule has 1 saturated heterocycles. The van der Waals surface area contributed by atoms with Gasteiger partial charge in [-0.3, -0.25) is 9.78 Å². The molecule has 0 saturated carbocycles. The maximum Gasteiger partial charge on any atom is 0.226 e. The van der Waals surface area contributed by atoms with E-state index >= 15 is 0 Å². The number of carbonyl (C=O) groups is 1. The Balaban J connectivity index is 1.60. The summed E-state index contributed by atoms with van der Waals surface area (Å²) in [6, 6.07) is 6.05. The number of piperidine rings is 1. The topological polar surface area (TPSA) is 63.9 Å². The van der Waals surface area contributed by atoms with E-state index in [-0.39, 0.29) is 5.91 Å². The van der Waals surface area contributed by atoms with Gasteiger partial charge in [0.15, 0.2) is 0 Å². The van der Waals surface area contributed by atoms with Gasteiger partial charge in [-0.25, -0.2) is 4.68 Å². The molecule has 0 bridgehead atoms. The Morgan fingerprint density at radius 1 is 1.30 bits per heavy atom. The summed E-state index contributed by atoms with van der Waals surface area (Å²) in [5, 5.41) is 8.46. The summed E-state index contributed by atoms with van der Waals surface area (Å²) in [6.45, 7) is 3.49. The van der Waals surface area contributed by atoms with Crippen LogP contribution in [0.2, 0.25) is 0 Å². The van der Waals surface area contributed by atoms with E-state index in [0.717, 1.165) is 37.3 Å². The lowest BCUT2D eigenvalue weighted by Gasteiger charge is -2.31. The van der Waals surface area contributed by atoms with Gasteiger partial charge in [-0.05, 0) is 31.9 Å². The predicted octanol–water partition coefficient (Wildman–Crippen LogP) is 2.47. The molecular weight excluding hydrogens is 290 g/mol. The number of amides is 1. The van der Waals surface area contributed by atoms with Gasteiger partial charge in [0, 0.05) is 25.7 Å². The number of allylic oxidation sites excluding steroid dienone is 1. The third-order valence-electron chi connectivity index (χ3n) is 4.16. The average molecular weight is 311 g/mol. The molecule has 0 unspecified atom stereocenters. The van der Waals surface area contributed by atoms with Gasteiger partial charge in [-0.1, -0.05) is 23.4 Å². The van der Waals surface area contributed by atoms with Crippen LogP contribution in [0.5, 0.6) is 0 Å². The van der Waals surface area contributed by atoms with Crippen molar-refractivity contribution in [3.8, 4) is 11.4 Å². The third-order valence-corrected chi connectivity index (χ3v) is 4.16. The minimum absolute atomic E-state index is 0.203. The molecule has 1 fully saturated rings. The molecule has 23 heavy (non-hydrogen) atoms. The Bertz CT molecular complexity index is 671. The fourth-order valence-electron chi connectivity index (χ4n) is 2.81. The second-order valence-electron chi connectivity index (χ2n) is 5.68. The van der Waals surface area contributed by atoms with Gasteiger partial charge in [0.05, 0.1) is 17.9 Å². The lowest BCUT2D eigenvalue weighted by molar-refractivity contribution is -0.131. The zero-order chi connectivity index (χ0) is 16.1. The van der Waals surface area contributed by atoms with Gasteiger partial charge in [0.25, 0.3) is 0 Å². The fourth-order valence-corrected chi connectivity index (χ4v) is 2.81. The number of carbonyl (C=O) groups excluding carboxylic acids is 1. The van der Waals surface area contributed by atoms with E-state index in [4.69, 9.17) is 0 Å². The number of nitrogens with zero attached hydrogens (tertiary/aromatic N) is 5. The smallest absolute Gasteiger partial charge is 0.226 e. The van der Waals surface area contributed by atoms with Crippen molar-refractivity contribution in [3.05, 3.63) is 42.7 Å². The second-order valence-corrected chi connectivity index (χ2v) is 5.68. The normalized spacial score (nSPS) is 16.1. The molecule has 6 nitrogen and oxygen atoms in total. The van der Waals surface area contributed by atoms with E-state index in [1.165, 1.54) is 0 Å². The van der Waals surface area contributed by atoms with Crippen LogP contribution in [0, 0.1) is 0 Å². The standard InChI is InChI=1S/C17H21N5O/c1-2-3-7-17(23)21-11-8-14(9-12-21)22-13-16(19-20-22)15-6-4-5-10-18-15/h2-6,10,13-14H,7-9,11-12H2,1H3/b3-2+. The van der Waals surface area contributed by atoms with Crippen LogP contribution in [0.4, 0.5) is 0 Å². The highest BCUT2D eigenvalue weighted by atomic mass is 16.2. The zero-order valence-electron chi connectivity index (χ0n) is 13.3. The molecule has 1 amide bonds. The Kier molecular flexibility index (Phi) is 4.80. The molecular formula is C17H21N5O. The first-order valence-corrected chi connectivity index (χ1v) is 8.00. The summed E-state index contributed by atoms with van der Waals surface area (Å²) in [7, 11) is 0. The highest BCUT2D eigenvalue weighted by Gasteiger charge is 2.24. The molecule has 120 valence electrons. The minimum atomic E-state index is 0.203. The highest BCUT2D eigenvalue weighted by Crippen LogP contribution is 2.23. The summed E-state index contributed by atoms with van der Waals surface area (Å²) in [5.41, 5.74) is 1.62. The zero-order valence-corrected chi connectivity index (χ0v) is 13.3. The second kappa shape index (κ2) is 7.17. The quantitative estimate of drug-likeness (QED) is 0.814. The van der Waals surface area contributed by atoms with E-state index in [9.17, 15) is 4.79 Å². The molecule has 1 aliphatic heterocycles. The Morgan fingerprint density at radius 2 is 2.13 bits per heavy atom. The highest BCUT2D eigenvalue weighted by molar-refractivity contribution is 5.77. The largest absolute Gasteiger partial charge is 0.342 e. The predicted molar refractivity (Wildman–Crippen MR) is 87.5 cm³/mol. The van der Waals surface area contributed by atoms with Crippen LogP contribution in [0.1, 0.15) is 32.2 Å². The van der Waals surface area contributed by atoms with E-state index in [2.05, 4.69) is 15.3 Å². The molecule has 0 N–H and O–H groups in total. The molecule has 1 aliphatic rings.